The molecule has 0 aromatic heterocycles. The summed E-state index contributed by atoms with van der Waals surface area (Å²) in [5.41, 5.74) is 4.58. The van der Waals surface area contributed by atoms with Gasteiger partial charge < -0.3 is 9.64 Å². The predicted octanol–water partition coefficient (Wildman–Crippen LogP) is 3.40. The van der Waals surface area contributed by atoms with E-state index in [9.17, 15) is 4.79 Å². The number of benzene rings is 2. The summed E-state index contributed by atoms with van der Waals surface area (Å²) in [5, 5.41) is 0. The van der Waals surface area contributed by atoms with Gasteiger partial charge in [0.25, 0.3) is 0 Å². The lowest BCUT2D eigenvalue weighted by molar-refractivity contribution is -0.131. The van der Waals surface area contributed by atoms with Gasteiger partial charge in [-0.25, -0.2) is 0 Å². The molecule has 2 aromatic carbocycles. The van der Waals surface area contributed by atoms with Gasteiger partial charge >= 0.3 is 0 Å². The lowest BCUT2D eigenvalue weighted by atomic mass is 10.1. The minimum atomic E-state index is 0.119. The second kappa shape index (κ2) is 8.67. The van der Waals surface area contributed by atoms with Gasteiger partial charge in [-0.15, -0.1) is 0 Å². The molecule has 0 radical (unpaired) electrons. The van der Waals surface area contributed by atoms with Gasteiger partial charge in [-0.1, -0.05) is 42.5 Å². The van der Waals surface area contributed by atoms with E-state index in [0.29, 0.717) is 13.1 Å². The number of nitrogens with zero attached hydrogens (tertiary/aromatic N) is 2. The fourth-order valence-electron chi connectivity index (χ4n) is 3.12. The van der Waals surface area contributed by atoms with Crippen molar-refractivity contribution < 1.29 is 9.53 Å². The Kier molecular flexibility index (Phi) is 6.59. The van der Waals surface area contributed by atoms with Crippen LogP contribution in [0.5, 0.6) is 5.75 Å². The van der Waals surface area contributed by atoms with E-state index in [4.69, 9.17) is 4.74 Å². The molecule has 0 atom stereocenters. The van der Waals surface area contributed by atoms with Crippen molar-refractivity contribution in [3.05, 3.63) is 64.7 Å². The van der Waals surface area contributed by atoms with E-state index in [2.05, 4.69) is 12.1 Å². The summed E-state index contributed by atoms with van der Waals surface area (Å²) in [6.45, 7) is 5.86. The minimum absolute atomic E-state index is 0.119. The lowest BCUT2D eigenvalue weighted by Gasteiger charge is -2.22. The van der Waals surface area contributed by atoms with Crippen LogP contribution >= 0.6 is 0 Å². The Hall–Kier alpha value is -2.33. The highest BCUT2D eigenvalue weighted by Crippen LogP contribution is 2.24. The molecule has 0 aliphatic heterocycles. The molecule has 0 saturated heterocycles. The van der Waals surface area contributed by atoms with Gasteiger partial charge in [-0.2, -0.15) is 0 Å². The van der Waals surface area contributed by atoms with Gasteiger partial charge in [0, 0.05) is 20.1 Å². The molecule has 2 aromatic rings. The number of methoxy groups -OCH3 is 1. The Morgan fingerprint density at radius 2 is 1.56 bits per heavy atom. The van der Waals surface area contributed by atoms with Crippen LogP contribution in [0.3, 0.4) is 0 Å². The van der Waals surface area contributed by atoms with E-state index in [1.165, 1.54) is 5.56 Å². The summed E-state index contributed by atoms with van der Waals surface area (Å²) in [4.78, 5) is 16.3. The molecule has 0 heterocycles. The van der Waals surface area contributed by atoms with Crippen molar-refractivity contribution in [1.82, 2.24) is 9.80 Å². The van der Waals surface area contributed by atoms with Gasteiger partial charge in [0.2, 0.25) is 5.91 Å². The van der Waals surface area contributed by atoms with Crippen molar-refractivity contribution in [1.29, 1.82) is 0 Å². The second-order valence-electron chi connectivity index (χ2n) is 6.67. The number of hydrogen-bond acceptors (Lipinski definition) is 3. The highest BCUT2D eigenvalue weighted by molar-refractivity contribution is 5.77. The molecule has 0 spiro atoms. The van der Waals surface area contributed by atoms with Crippen LogP contribution in [0.15, 0.2) is 42.5 Å². The number of carbonyl (C=O) groups is 1. The normalized spacial score (nSPS) is 10.8. The van der Waals surface area contributed by atoms with Crippen LogP contribution in [0, 0.1) is 13.8 Å². The molecule has 4 heteroatoms. The van der Waals surface area contributed by atoms with Crippen LogP contribution in [0.4, 0.5) is 0 Å². The average molecular weight is 340 g/mol. The van der Waals surface area contributed by atoms with Gasteiger partial charge in [0.15, 0.2) is 0 Å². The SMILES string of the molecule is COc1c(C)cc(CN(C)CC(=O)N(C)Cc2ccccc2)cc1C. The third kappa shape index (κ3) is 5.33. The van der Waals surface area contributed by atoms with Crippen molar-refractivity contribution in [2.24, 2.45) is 0 Å². The van der Waals surface area contributed by atoms with E-state index >= 15 is 0 Å². The summed E-state index contributed by atoms with van der Waals surface area (Å²) < 4.78 is 5.41. The zero-order chi connectivity index (χ0) is 18.4. The molecule has 0 N–H and O–H groups in total. The molecule has 0 fully saturated rings. The van der Waals surface area contributed by atoms with Crippen LogP contribution in [-0.4, -0.2) is 43.5 Å². The molecule has 0 bridgehead atoms. The highest BCUT2D eigenvalue weighted by Gasteiger charge is 2.13. The van der Waals surface area contributed by atoms with Crippen LogP contribution in [0.25, 0.3) is 0 Å². The van der Waals surface area contributed by atoms with Gasteiger partial charge in [-0.05, 0) is 43.1 Å². The molecule has 2 rings (SSSR count). The van der Waals surface area contributed by atoms with E-state index in [-0.39, 0.29) is 5.91 Å². The smallest absolute Gasteiger partial charge is 0.236 e. The van der Waals surface area contributed by atoms with E-state index in [0.717, 1.165) is 29.0 Å². The second-order valence-corrected chi connectivity index (χ2v) is 6.67. The standard InChI is InChI=1S/C21H28N2O2/c1-16-11-19(12-17(2)21(16)25-5)13-22(3)15-20(24)23(4)14-18-9-7-6-8-10-18/h6-12H,13-15H2,1-5H3. The number of ether oxygens (including phenoxy) is 1. The van der Waals surface area contributed by atoms with Crippen LogP contribution in [0.1, 0.15) is 22.3 Å². The quantitative estimate of drug-likeness (QED) is 0.774. The first-order valence-electron chi connectivity index (χ1n) is 8.51. The van der Waals surface area contributed by atoms with Crippen LogP contribution in [-0.2, 0) is 17.9 Å². The zero-order valence-corrected chi connectivity index (χ0v) is 15.9. The van der Waals surface area contributed by atoms with Gasteiger partial charge in [0.1, 0.15) is 5.75 Å². The van der Waals surface area contributed by atoms with Gasteiger partial charge in [0.05, 0.1) is 13.7 Å². The summed E-state index contributed by atoms with van der Waals surface area (Å²) in [6.07, 6.45) is 0. The van der Waals surface area contributed by atoms with Crippen LogP contribution in [0.2, 0.25) is 0 Å². The summed E-state index contributed by atoms with van der Waals surface area (Å²) in [5.74, 6) is 1.05. The number of likely N-dealkylation sites (N-methyl/N-ethyl adjacent to an activating group) is 2. The summed E-state index contributed by atoms with van der Waals surface area (Å²) >= 11 is 0. The molecule has 0 aliphatic rings. The first-order chi connectivity index (χ1) is 11.9. The largest absolute Gasteiger partial charge is 0.496 e. The maximum atomic E-state index is 12.4. The first-order valence-corrected chi connectivity index (χ1v) is 8.51. The molecule has 0 saturated carbocycles. The Bertz CT molecular complexity index is 690. The topological polar surface area (TPSA) is 32.8 Å². The minimum Gasteiger partial charge on any atom is -0.496 e. The molecule has 4 nitrogen and oxygen atoms in total. The monoisotopic (exact) mass is 340 g/mol. The van der Waals surface area contributed by atoms with Crippen molar-refractivity contribution in [3.63, 3.8) is 0 Å². The predicted molar refractivity (Wildman–Crippen MR) is 102 cm³/mol. The zero-order valence-electron chi connectivity index (χ0n) is 15.9. The fourth-order valence-corrected chi connectivity index (χ4v) is 3.12. The third-order valence-electron chi connectivity index (χ3n) is 4.27. The maximum Gasteiger partial charge on any atom is 0.236 e. The van der Waals surface area contributed by atoms with Crippen molar-refractivity contribution in [2.45, 2.75) is 26.9 Å². The number of rotatable bonds is 7. The van der Waals surface area contributed by atoms with Crippen molar-refractivity contribution in [2.75, 3.05) is 27.7 Å². The molecule has 1 amide bonds. The molecule has 25 heavy (non-hydrogen) atoms. The average Bonchev–Trinajstić information content (AvgIpc) is 2.55. The van der Waals surface area contributed by atoms with E-state index in [1.807, 2.05) is 63.2 Å². The number of aryl methyl sites for hydroxylation is 2. The van der Waals surface area contributed by atoms with E-state index in [1.54, 1.807) is 12.0 Å². The number of carbonyl (C=O) groups excluding carboxylic acids is 1. The summed E-state index contributed by atoms with van der Waals surface area (Å²) in [7, 11) is 5.52. The Labute approximate surface area is 151 Å². The molecule has 0 unspecified atom stereocenters. The summed E-state index contributed by atoms with van der Waals surface area (Å²) in [6, 6.07) is 14.3. The van der Waals surface area contributed by atoms with Crippen LogP contribution < -0.4 is 4.74 Å². The van der Waals surface area contributed by atoms with Gasteiger partial charge in [-0.3, -0.25) is 9.69 Å². The highest BCUT2D eigenvalue weighted by atomic mass is 16.5. The Balaban J connectivity index is 1.93. The molecule has 0 aliphatic carbocycles. The molecular formula is C21H28N2O2. The van der Waals surface area contributed by atoms with Crippen molar-refractivity contribution in [3.8, 4) is 5.75 Å². The molecule has 134 valence electrons. The van der Waals surface area contributed by atoms with Crippen molar-refractivity contribution >= 4 is 5.91 Å². The Morgan fingerprint density at radius 1 is 0.960 bits per heavy atom. The lowest BCUT2D eigenvalue weighted by Crippen LogP contribution is -2.36. The van der Waals surface area contributed by atoms with E-state index < -0.39 is 0 Å². The number of amides is 1. The maximum absolute atomic E-state index is 12.4. The number of hydrogen-bond donors (Lipinski definition) is 0. The Morgan fingerprint density at radius 3 is 2.12 bits per heavy atom. The fraction of sp³-hybridized carbons (Fsp3) is 0.381. The first kappa shape index (κ1) is 19.0. The molecular weight excluding hydrogens is 312 g/mol. The third-order valence-corrected chi connectivity index (χ3v) is 4.27.